The average molecular weight is 218 g/mol. The number of aromatic amines is 1. The lowest BCUT2D eigenvalue weighted by atomic mass is 10.1. The third-order valence-corrected chi connectivity index (χ3v) is 2.58. The van der Waals surface area contributed by atoms with Gasteiger partial charge in [-0.2, -0.15) is 0 Å². The van der Waals surface area contributed by atoms with E-state index in [-0.39, 0.29) is 5.97 Å². The van der Waals surface area contributed by atoms with Crippen molar-refractivity contribution in [3.05, 3.63) is 36.0 Å². The van der Waals surface area contributed by atoms with Gasteiger partial charge >= 0.3 is 5.97 Å². The largest absolute Gasteiger partial charge is 0.468 e. The van der Waals surface area contributed by atoms with Crippen LogP contribution in [0.2, 0.25) is 0 Å². The number of hydrogen-bond acceptors (Lipinski definition) is 3. The number of nitrogens with two attached hydrogens (primary N) is 1. The maximum Gasteiger partial charge on any atom is 0.322 e. The van der Waals surface area contributed by atoms with Crippen molar-refractivity contribution in [2.45, 2.75) is 12.5 Å². The summed E-state index contributed by atoms with van der Waals surface area (Å²) in [4.78, 5) is 14.3. The van der Waals surface area contributed by atoms with Crippen LogP contribution >= 0.6 is 0 Å². The van der Waals surface area contributed by atoms with Crippen molar-refractivity contribution in [2.75, 3.05) is 7.11 Å². The SMILES string of the molecule is COC(=O)C(N)Cc1ccc2[nH]ccc2c1. The first-order valence-corrected chi connectivity index (χ1v) is 5.10. The Hall–Kier alpha value is -1.81. The third kappa shape index (κ3) is 2.06. The van der Waals surface area contributed by atoms with Gasteiger partial charge in [-0.3, -0.25) is 4.79 Å². The Labute approximate surface area is 93.4 Å². The summed E-state index contributed by atoms with van der Waals surface area (Å²) in [5.74, 6) is -0.380. The summed E-state index contributed by atoms with van der Waals surface area (Å²) in [6.07, 6.45) is 2.38. The van der Waals surface area contributed by atoms with Gasteiger partial charge in [0.15, 0.2) is 0 Å². The van der Waals surface area contributed by atoms with E-state index in [1.54, 1.807) is 0 Å². The Morgan fingerprint density at radius 1 is 1.50 bits per heavy atom. The molecule has 0 aliphatic carbocycles. The average Bonchev–Trinajstić information content (AvgIpc) is 2.75. The molecule has 0 amide bonds. The third-order valence-electron chi connectivity index (χ3n) is 2.58. The van der Waals surface area contributed by atoms with Crippen LogP contribution in [0.4, 0.5) is 0 Å². The van der Waals surface area contributed by atoms with Crippen molar-refractivity contribution in [2.24, 2.45) is 5.73 Å². The number of carbonyl (C=O) groups is 1. The van der Waals surface area contributed by atoms with Crippen LogP contribution in [0, 0.1) is 0 Å². The Balaban J connectivity index is 2.17. The van der Waals surface area contributed by atoms with Gasteiger partial charge in [0.05, 0.1) is 7.11 Å². The molecule has 2 rings (SSSR count). The molecule has 1 aromatic carbocycles. The molecule has 1 unspecified atom stereocenters. The summed E-state index contributed by atoms with van der Waals surface area (Å²) >= 11 is 0. The topological polar surface area (TPSA) is 68.1 Å². The molecule has 1 aromatic heterocycles. The number of hydrogen-bond donors (Lipinski definition) is 2. The fraction of sp³-hybridized carbons (Fsp3) is 0.250. The number of rotatable bonds is 3. The van der Waals surface area contributed by atoms with Crippen molar-refractivity contribution in [1.29, 1.82) is 0 Å². The molecule has 0 spiro atoms. The second-order valence-electron chi connectivity index (χ2n) is 3.73. The highest BCUT2D eigenvalue weighted by molar-refractivity contribution is 5.80. The number of carbonyl (C=O) groups excluding carboxylic acids is 1. The fourth-order valence-corrected chi connectivity index (χ4v) is 1.72. The van der Waals surface area contributed by atoms with E-state index in [4.69, 9.17) is 5.73 Å². The first-order chi connectivity index (χ1) is 7.70. The molecule has 0 aliphatic rings. The molecular weight excluding hydrogens is 204 g/mol. The summed E-state index contributed by atoms with van der Waals surface area (Å²) in [5, 5.41) is 1.12. The zero-order valence-corrected chi connectivity index (χ0v) is 9.07. The van der Waals surface area contributed by atoms with E-state index in [0.29, 0.717) is 6.42 Å². The highest BCUT2D eigenvalue weighted by Gasteiger charge is 2.14. The van der Waals surface area contributed by atoms with Gasteiger partial charge in [0, 0.05) is 11.7 Å². The van der Waals surface area contributed by atoms with Gasteiger partial charge in [0.1, 0.15) is 6.04 Å². The number of H-pyrrole nitrogens is 1. The van der Waals surface area contributed by atoms with Crippen molar-refractivity contribution >= 4 is 16.9 Å². The number of ether oxygens (including phenoxy) is 1. The Bertz CT molecular complexity index is 504. The zero-order chi connectivity index (χ0) is 11.5. The molecule has 1 heterocycles. The first-order valence-electron chi connectivity index (χ1n) is 5.10. The van der Waals surface area contributed by atoms with E-state index in [0.717, 1.165) is 16.5 Å². The normalized spacial score (nSPS) is 12.6. The molecule has 84 valence electrons. The van der Waals surface area contributed by atoms with Gasteiger partial charge in [0.25, 0.3) is 0 Å². The fourth-order valence-electron chi connectivity index (χ4n) is 1.72. The van der Waals surface area contributed by atoms with Crippen LogP contribution in [-0.2, 0) is 16.0 Å². The number of aromatic nitrogens is 1. The summed E-state index contributed by atoms with van der Waals surface area (Å²) in [5.41, 5.74) is 7.81. The quantitative estimate of drug-likeness (QED) is 0.761. The zero-order valence-electron chi connectivity index (χ0n) is 9.07. The Morgan fingerprint density at radius 2 is 2.31 bits per heavy atom. The second-order valence-corrected chi connectivity index (χ2v) is 3.73. The van der Waals surface area contributed by atoms with Gasteiger partial charge in [-0.1, -0.05) is 6.07 Å². The van der Waals surface area contributed by atoms with E-state index in [1.165, 1.54) is 7.11 Å². The number of nitrogens with one attached hydrogen (secondary N) is 1. The standard InChI is InChI=1S/C12H14N2O2/c1-16-12(15)10(13)7-8-2-3-11-9(6-8)4-5-14-11/h2-6,10,14H,7,13H2,1H3. The highest BCUT2D eigenvalue weighted by atomic mass is 16.5. The second kappa shape index (κ2) is 4.37. The lowest BCUT2D eigenvalue weighted by molar-refractivity contribution is -0.142. The maximum atomic E-state index is 11.2. The molecule has 3 N–H and O–H groups in total. The van der Waals surface area contributed by atoms with Crippen LogP contribution in [0.25, 0.3) is 10.9 Å². The van der Waals surface area contributed by atoms with E-state index in [1.807, 2.05) is 30.5 Å². The first kappa shape index (κ1) is 10.7. The monoisotopic (exact) mass is 218 g/mol. The van der Waals surface area contributed by atoms with Gasteiger partial charge in [-0.15, -0.1) is 0 Å². The summed E-state index contributed by atoms with van der Waals surface area (Å²) in [6.45, 7) is 0. The lowest BCUT2D eigenvalue weighted by Crippen LogP contribution is -2.33. The summed E-state index contributed by atoms with van der Waals surface area (Å²) in [6, 6.07) is 7.36. The highest BCUT2D eigenvalue weighted by Crippen LogP contribution is 2.15. The van der Waals surface area contributed by atoms with Crippen LogP contribution in [0.1, 0.15) is 5.56 Å². The molecule has 4 nitrogen and oxygen atoms in total. The summed E-state index contributed by atoms with van der Waals surface area (Å²) in [7, 11) is 1.34. The minimum absolute atomic E-state index is 0.380. The van der Waals surface area contributed by atoms with E-state index in [2.05, 4.69) is 9.72 Å². The van der Waals surface area contributed by atoms with Crippen molar-refractivity contribution in [3.63, 3.8) is 0 Å². The summed E-state index contributed by atoms with van der Waals surface area (Å²) < 4.78 is 4.59. The van der Waals surface area contributed by atoms with Crippen LogP contribution in [0.5, 0.6) is 0 Å². The smallest absolute Gasteiger partial charge is 0.322 e. The van der Waals surface area contributed by atoms with E-state index in [9.17, 15) is 4.79 Å². The molecule has 2 aromatic rings. The van der Waals surface area contributed by atoms with Crippen molar-refractivity contribution in [1.82, 2.24) is 4.98 Å². The molecule has 1 atom stereocenters. The van der Waals surface area contributed by atoms with Gasteiger partial charge in [0.2, 0.25) is 0 Å². The molecular formula is C12H14N2O2. The molecule has 0 saturated heterocycles. The van der Waals surface area contributed by atoms with E-state index < -0.39 is 6.04 Å². The van der Waals surface area contributed by atoms with Gasteiger partial charge in [-0.05, 0) is 35.6 Å². The van der Waals surface area contributed by atoms with Gasteiger partial charge in [-0.25, -0.2) is 0 Å². The molecule has 16 heavy (non-hydrogen) atoms. The molecule has 0 saturated carbocycles. The Kier molecular flexibility index (Phi) is 2.92. The minimum atomic E-state index is -0.596. The van der Waals surface area contributed by atoms with Crippen LogP contribution in [0.3, 0.4) is 0 Å². The maximum absolute atomic E-state index is 11.2. The van der Waals surface area contributed by atoms with Crippen molar-refractivity contribution in [3.8, 4) is 0 Å². The predicted molar refractivity (Wildman–Crippen MR) is 62.0 cm³/mol. The van der Waals surface area contributed by atoms with Crippen molar-refractivity contribution < 1.29 is 9.53 Å². The molecule has 0 aliphatic heterocycles. The molecule has 0 bridgehead atoms. The van der Waals surface area contributed by atoms with Crippen LogP contribution in [-0.4, -0.2) is 24.1 Å². The van der Waals surface area contributed by atoms with Crippen LogP contribution < -0.4 is 5.73 Å². The molecule has 4 heteroatoms. The number of esters is 1. The van der Waals surface area contributed by atoms with E-state index >= 15 is 0 Å². The Morgan fingerprint density at radius 3 is 3.06 bits per heavy atom. The van der Waals surface area contributed by atoms with Crippen LogP contribution in [0.15, 0.2) is 30.5 Å². The number of fused-ring (bicyclic) bond motifs is 1. The number of benzene rings is 1. The minimum Gasteiger partial charge on any atom is -0.468 e. The predicted octanol–water partition coefficient (Wildman–Crippen LogP) is 1.21. The molecule has 0 radical (unpaired) electrons. The lowest BCUT2D eigenvalue weighted by Gasteiger charge is -2.08. The molecule has 0 fully saturated rings. The number of methoxy groups -OCH3 is 1. The van der Waals surface area contributed by atoms with Gasteiger partial charge < -0.3 is 15.5 Å².